The smallest absolute Gasteiger partial charge is 0.305 e. The third kappa shape index (κ3) is 42.0. The van der Waals surface area contributed by atoms with E-state index in [0.717, 1.165) is 57.8 Å². The predicted octanol–water partition coefficient (Wildman–Crippen LogP) is 14.2. The summed E-state index contributed by atoms with van der Waals surface area (Å²) in [5, 5.41) is 23.0. The number of unbranched alkanes of at least 4 members (excludes halogenated alkanes) is 34. The molecule has 0 spiro atoms. The normalized spacial score (nSPS) is 12.7. The van der Waals surface area contributed by atoms with Crippen molar-refractivity contribution in [1.29, 1.82) is 0 Å². The van der Waals surface area contributed by atoms with Crippen LogP contribution in [-0.4, -0.2) is 47.4 Å². The van der Waals surface area contributed by atoms with Gasteiger partial charge in [-0.2, -0.15) is 0 Å². The molecule has 6 nitrogen and oxygen atoms in total. The lowest BCUT2D eigenvalue weighted by Gasteiger charge is -2.20. The van der Waals surface area contributed by atoms with Gasteiger partial charge in [0.25, 0.3) is 0 Å². The number of esters is 1. The minimum atomic E-state index is -0.860. The first-order chi connectivity index (χ1) is 27.0. The van der Waals surface area contributed by atoms with Crippen LogP contribution in [-0.2, 0) is 14.3 Å². The molecule has 55 heavy (non-hydrogen) atoms. The van der Waals surface area contributed by atoms with Gasteiger partial charge in [0.1, 0.15) is 0 Å². The molecule has 0 aliphatic heterocycles. The summed E-state index contributed by atoms with van der Waals surface area (Å²) in [5.74, 6) is -0.120. The lowest BCUT2D eigenvalue weighted by atomic mass is 10.0. The van der Waals surface area contributed by atoms with Crippen molar-refractivity contribution in [1.82, 2.24) is 5.32 Å². The highest BCUT2D eigenvalue weighted by Gasteiger charge is 2.18. The molecule has 0 radical (unpaired) electrons. The first-order valence-electron chi connectivity index (χ1n) is 24.5. The molecule has 326 valence electrons. The van der Waals surface area contributed by atoms with Crippen LogP contribution < -0.4 is 5.32 Å². The number of nitrogens with one attached hydrogen (secondary N) is 1. The maximum atomic E-state index is 12.4. The molecule has 6 heteroatoms. The molecular formula is C49H95NO5. The van der Waals surface area contributed by atoms with E-state index in [1.165, 1.54) is 180 Å². The Morgan fingerprint density at radius 3 is 1.24 bits per heavy atom. The Morgan fingerprint density at radius 2 is 0.836 bits per heavy atom. The fourth-order valence-electron chi connectivity index (χ4n) is 7.51. The zero-order valence-corrected chi connectivity index (χ0v) is 36.9. The number of carbonyl (C=O) groups is 2. The lowest BCUT2D eigenvalue weighted by Crippen LogP contribution is -2.45. The van der Waals surface area contributed by atoms with Crippen molar-refractivity contribution in [2.24, 2.45) is 0 Å². The van der Waals surface area contributed by atoms with Crippen molar-refractivity contribution in [3.63, 3.8) is 0 Å². The Balaban J connectivity index is 3.54. The van der Waals surface area contributed by atoms with E-state index < -0.39 is 12.1 Å². The molecule has 0 aromatic carbocycles. The maximum Gasteiger partial charge on any atom is 0.305 e. The SMILES string of the molecule is CCCCCCCCCCCCCCCCC/C=C/C(O)C(CO)NC(=O)CCCCCCCCCCCOC(=O)CCCCCCCCCCCCCC. The molecule has 0 fully saturated rings. The molecule has 0 saturated heterocycles. The number of allylic oxidation sites excluding steroid dienone is 1. The van der Waals surface area contributed by atoms with Crippen LogP contribution in [0.1, 0.15) is 264 Å². The molecule has 0 aromatic heterocycles. The van der Waals surface area contributed by atoms with Crippen LogP contribution in [0.4, 0.5) is 0 Å². The minimum absolute atomic E-state index is 0.0265. The molecule has 0 aromatic rings. The maximum absolute atomic E-state index is 12.4. The van der Waals surface area contributed by atoms with Gasteiger partial charge < -0.3 is 20.3 Å². The van der Waals surface area contributed by atoms with Gasteiger partial charge in [-0.15, -0.1) is 0 Å². The Kier molecular flexibility index (Phi) is 44.2. The van der Waals surface area contributed by atoms with Crippen LogP contribution in [0, 0.1) is 0 Å². The fourth-order valence-corrected chi connectivity index (χ4v) is 7.51. The third-order valence-corrected chi connectivity index (χ3v) is 11.3. The molecule has 0 aliphatic carbocycles. The topological polar surface area (TPSA) is 95.9 Å². The second-order valence-corrected chi connectivity index (χ2v) is 16.8. The van der Waals surface area contributed by atoms with Gasteiger partial charge >= 0.3 is 5.97 Å². The number of hydrogen-bond acceptors (Lipinski definition) is 5. The average Bonchev–Trinajstić information content (AvgIpc) is 3.18. The number of hydrogen-bond donors (Lipinski definition) is 3. The van der Waals surface area contributed by atoms with Crippen molar-refractivity contribution < 1.29 is 24.5 Å². The van der Waals surface area contributed by atoms with Gasteiger partial charge in [0.05, 0.1) is 25.4 Å². The summed E-state index contributed by atoms with van der Waals surface area (Å²) in [6, 6.07) is -0.646. The molecule has 2 atom stereocenters. The lowest BCUT2D eigenvalue weighted by molar-refractivity contribution is -0.143. The monoisotopic (exact) mass is 778 g/mol. The number of rotatable bonds is 45. The van der Waals surface area contributed by atoms with Crippen LogP contribution in [0.15, 0.2) is 12.2 Å². The zero-order chi connectivity index (χ0) is 40.1. The number of aliphatic hydroxyl groups is 2. The molecule has 2 unspecified atom stereocenters. The van der Waals surface area contributed by atoms with E-state index in [2.05, 4.69) is 19.2 Å². The molecule has 1 amide bonds. The van der Waals surface area contributed by atoms with Crippen molar-refractivity contribution in [3.05, 3.63) is 12.2 Å². The largest absolute Gasteiger partial charge is 0.466 e. The number of carbonyl (C=O) groups excluding carboxylic acids is 2. The fraction of sp³-hybridized carbons (Fsp3) is 0.918. The summed E-state index contributed by atoms with van der Waals surface area (Å²) < 4.78 is 5.43. The predicted molar refractivity (Wildman–Crippen MR) is 237 cm³/mol. The van der Waals surface area contributed by atoms with Gasteiger partial charge in [-0.3, -0.25) is 9.59 Å². The highest BCUT2D eigenvalue weighted by Crippen LogP contribution is 2.16. The summed E-state index contributed by atoms with van der Waals surface area (Å²) in [7, 11) is 0. The van der Waals surface area contributed by atoms with Crippen molar-refractivity contribution in [3.8, 4) is 0 Å². The van der Waals surface area contributed by atoms with Crippen molar-refractivity contribution in [2.75, 3.05) is 13.2 Å². The first kappa shape index (κ1) is 53.6. The van der Waals surface area contributed by atoms with E-state index in [9.17, 15) is 19.8 Å². The second kappa shape index (κ2) is 45.3. The number of ether oxygens (including phenoxy) is 1. The van der Waals surface area contributed by atoms with Crippen LogP contribution >= 0.6 is 0 Å². The second-order valence-electron chi connectivity index (χ2n) is 16.8. The van der Waals surface area contributed by atoms with Gasteiger partial charge in [-0.25, -0.2) is 0 Å². The van der Waals surface area contributed by atoms with Gasteiger partial charge in [0, 0.05) is 12.8 Å². The Morgan fingerprint density at radius 1 is 0.491 bits per heavy atom. The minimum Gasteiger partial charge on any atom is -0.466 e. The summed E-state index contributed by atoms with van der Waals surface area (Å²) >= 11 is 0. The van der Waals surface area contributed by atoms with Gasteiger partial charge in [0.15, 0.2) is 0 Å². The van der Waals surface area contributed by atoms with Crippen LogP contribution in [0.2, 0.25) is 0 Å². The average molecular weight is 778 g/mol. The van der Waals surface area contributed by atoms with Crippen LogP contribution in [0.5, 0.6) is 0 Å². The van der Waals surface area contributed by atoms with E-state index in [1.54, 1.807) is 6.08 Å². The van der Waals surface area contributed by atoms with E-state index in [1.807, 2.05) is 6.08 Å². The first-order valence-corrected chi connectivity index (χ1v) is 24.5. The van der Waals surface area contributed by atoms with Gasteiger partial charge in [0.2, 0.25) is 5.91 Å². The molecule has 0 saturated carbocycles. The van der Waals surface area contributed by atoms with E-state index in [-0.39, 0.29) is 18.5 Å². The molecule has 0 rings (SSSR count). The van der Waals surface area contributed by atoms with E-state index in [4.69, 9.17) is 4.74 Å². The van der Waals surface area contributed by atoms with E-state index >= 15 is 0 Å². The summed E-state index contributed by atoms with van der Waals surface area (Å²) in [4.78, 5) is 24.4. The molecule has 0 bridgehead atoms. The van der Waals surface area contributed by atoms with Gasteiger partial charge in [-0.05, 0) is 32.1 Å². The Labute approximate surface area is 342 Å². The standard InChI is InChI=1S/C49H95NO5/c1-3-5-7-9-11-13-15-17-18-19-20-21-22-25-29-33-37-41-47(52)46(45-51)50-48(53)42-38-34-30-26-24-28-32-36-40-44-55-49(54)43-39-35-31-27-23-16-14-12-10-8-6-4-2/h37,41,46-47,51-52H,3-36,38-40,42-45H2,1-2H3,(H,50,53)/b41-37+. The highest BCUT2D eigenvalue weighted by molar-refractivity contribution is 5.76. The molecule has 0 heterocycles. The Bertz CT molecular complexity index is 817. The van der Waals surface area contributed by atoms with E-state index in [0.29, 0.717) is 19.4 Å². The third-order valence-electron chi connectivity index (χ3n) is 11.3. The van der Waals surface area contributed by atoms with Gasteiger partial charge in [-0.1, -0.05) is 231 Å². The summed E-state index contributed by atoms with van der Waals surface area (Å²) in [5.41, 5.74) is 0. The molecule has 0 aliphatic rings. The van der Waals surface area contributed by atoms with Crippen LogP contribution in [0.3, 0.4) is 0 Å². The Hall–Kier alpha value is -1.40. The zero-order valence-electron chi connectivity index (χ0n) is 36.9. The molecule has 3 N–H and O–H groups in total. The van der Waals surface area contributed by atoms with Crippen LogP contribution in [0.25, 0.3) is 0 Å². The summed E-state index contributed by atoms with van der Waals surface area (Å²) in [6.07, 6.45) is 50.6. The number of aliphatic hydroxyl groups excluding tert-OH is 2. The van der Waals surface area contributed by atoms with Crippen molar-refractivity contribution >= 4 is 11.9 Å². The summed E-state index contributed by atoms with van der Waals surface area (Å²) in [6.45, 7) is 4.84. The molecular weight excluding hydrogens is 683 g/mol. The number of amides is 1. The highest BCUT2D eigenvalue weighted by atomic mass is 16.5. The van der Waals surface area contributed by atoms with Crippen molar-refractivity contribution in [2.45, 2.75) is 276 Å². The quantitative estimate of drug-likeness (QED) is 0.0325.